The zero-order chi connectivity index (χ0) is 22.7. The Hall–Kier alpha value is -3.47. The maximum Gasteiger partial charge on any atom is 0.416 e. The van der Waals surface area contributed by atoms with E-state index in [-0.39, 0.29) is 17.8 Å². The summed E-state index contributed by atoms with van der Waals surface area (Å²) in [6.07, 6.45) is 0.239. The van der Waals surface area contributed by atoms with Crippen molar-refractivity contribution >= 4 is 23.1 Å². The fraction of sp³-hybridized carbons (Fsp3) is 0.286. The molecule has 0 aliphatic heterocycles. The summed E-state index contributed by atoms with van der Waals surface area (Å²) in [5.74, 6) is -0.0861. The monoisotopic (exact) mass is 447 g/mol. The molecule has 3 aromatic rings. The van der Waals surface area contributed by atoms with E-state index in [1.807, 2.05) is 0 Å². The Morgan fingerprint density at radius 3 is 2.56 bits per heavy atom. The van der Waals surface area contributed by atoms with E-state index in [1.165, 1.54) is 12.3 Å². The number of hydrazine groups is 1. The van der Waals surface area contributed by atoms with Crippen molar-refractivity contribution in [3.05, 3.63) is 65.9 Å². The molecule has 0 amide bonds. The van der Waals surface area contributed by atoms with Crippen molar-refractivity contribution in [3.8, 4) is 0 Å². The van der Waals surface area contributed by atoms with Crippen molar-refractivity contribution in [2.24, 2.45) is 0 Å². The third kappa shape index (κ3) is 5.82. The van der Waals surface area contributed by atoms with Crippen LogP contribution in [0.5, 0.6) is 0 Å². The van der Waals surface area contributed by atoms with Gasteiger partial charge in [-0.15, -0.1) is 0 Å². The Bertz CT molecular complexity index is 1070. The molecule has 2 aromatic heterocycles. The van der Waals surface area contributed by atoms with Gasteiger partial charge in [0.25, 0.3) is 0 Å². The summed E-state index contributed by atoms with van der Waals surface area (Å²) in [7, 11) is 1.76. The summed E-state index contributed by atoms with van der Waals surface area (Å²) in [4.78, 5) is 12.4. The minimum Gasteiger partial charge on any atom is -0.365 e. The number of halogens is 4. The molecule has 0 unspecified atom stereocenters. The van der Waals surface area contributed by atoms with Crippen molar-refractivity contribution in [1.82, 2.24) is 20.0 Å². The smallest absolute Gasteiger partial charge is 0.365 e. The lowest BCUT2D eigenvalue weighted by atomic mass is 10.2. The van der Waals surface area contributed by atoms with Crippen molar-refractivity contribution in [2.45, 2.75) is 31.6 Å². The summed E-state index contributed by atoms with van der Waals surface area (Å²) in [6, 6.07) is 8.69. The second kappa shape index (κ2) is 8.95. The first kappa shape index (κ1) is 21.8. The molecular weight excluding hydrogens is 426 g/mol. The molecule has 7 nitrogen and oxygen atoms in total. The lowest BCUT2D eigenvalue weighted by Crippen LogP contribution is -2.26. The summed E-state index contributed by atoms with van der Waals surface area (Å²) < 4.78 is 52.4. The first-order chi connectivity index (χ1) is 15.3. The third-order valence-corrected chi connectivity index (χ3v) is 4.66. The number of aromatic nitrogens is 3. The minimum atomic E-state index is -4.40. The van der Waals surface area contributed by atoms with Crippen LogP contribution in [0.15, 0.2) is 48.8 Å². The summed E-state index contributed by atoms with van der Waals surface area (Å²) in [5.41, 5.74) is 3.82. The lowest BCUT2D eigenvalue weighted by Gasteiger charge is -2.18. The quantitative estimate of drug-likeness (QED) is 0.338. The number of nitrogens with one attached hydrogen (secondary N) is 3. The van der Waals surface area contributed by atoms with Crippen LogP contribution in [0.1, 0.15) is 24.1 Å². The largest absolute Gasteiger partial charge is 0.416 e. The van der Waals surface area contributed by atoms with Crippen LogP contribution in [0, 0.1) is 5.82 Å². The van der Waals surface area contributed by atoms with Gasteiger partial charge in [0.15, 0.2) is 11.6 Å². The second-order valence-electron chi connectivity index (χ2n) is 7.52. The molecule has 0 atom stereocenters. The molecule has 32 heavy (non-hydrogen) atoms. The molecule has 0 bridgehead atoms. The molecule has 1 aliphatic rings. The van der Waals surface area contributed by atoms with Crippen molar-refractivity contribution < 1.29 is 17.6 Å². The van der Waals surface area contributed by atoms with E-state index in [1.54, 1.807) is 30.3 Å². The third-order valence-electron chi connectivity index (χ3n) is 4.66. The number of pyridine rings is 1. The topological polar surface area (TPSA) is 78.0 Å². The van der Waals surface area contributed by atoms with Gasteiger partial charge in [0.2, 0.25) is 5.95 Å². The summed E-state index contributed by atoms with van der Waals surface area (Å²) in [5, 5.41) is 7.62. The maximum absolute atomic E-state index is 13.8. The molecule has 168 valence electrons. The van der Waals surface area contributed by atoms with Crippen LogP contribution in [-0.2, 0) is 12.7 Å². The molecule has 3 N–H and O–H groups in total. The van der Waals surface area contributed by atoms with E-state index in [0.717, 1.165) is 31.2 Å². The number of benzene rings is 1. The van der Waals surface area contributed by atoms with Gasteiger partial charge in [0.1, 0.15) is 0 Å². The van der Waals surface area contributed by atoms with Crippen molar-refractivity contribution in [1.29, 1.82) is 0 Å². The molecule has 0 saturated heterocycles. The van der Waals surface area contributed by atoms with Gasteiger partial charge in [-0.25, -0.2) is 14.4 Å². The van der Waals surface area contributed by atoms with E-state index in [4.69, 9.17) is 0 Å². The van der Waals surface area contributed by atoms with Gasteiger partial charge >= 0.3 is 6.18 Å². The van der Waals surface area contributed by atoms with Gasteiger partial charge in [0, 0.05) is 18.8 Å². The van der Waals surface area contributed by atoms with Crippen LogP contribution in [-0.4, -0.2) is 33.1 Å². The highest BCUT2D eigenvalue weighted by Gasteiger charge is 2.30. The molecular formula is C21H21F4N7. The van der Waals surface area contributed by atoms with Gasteiger partial charge in [-0.2, -0.15) is 18.2 Å². The summed E-state index contributed by atoms with van der Waals surface area (Å²) in [6.45, 7) is 0.385. The molecule has 0 radical (unpaired) electrons. The van der Waals surface area contributed by atoms with Crippen LogP contribution in [0.2, 0.25) is 0 Å². The van der Waals surface area contributed by atoms with Crippen LogP contribution < -0.4 is 16.1 Å². The predicted octanol–water partition coefficient (Wildman–Crippen LogP) is 4.81. The second-order valence-corrected chi connectivity index (χ2v) is 7.52. The van der Waals surface area contributed by atoms with Crippen LogP contribution in [0.3, 0.4) is 0 Å². The van der Waals surface area contributed by atoms with Crippen molar-refractivity contribution in [3.63, 3.8) is 0 Å². The molecule has 2 heterocycles. The van der Waals surface area contributed by atoms with Gasteiger partial charge in [0.05, 0.1) is 35.9 Å². The average Bonchev–Trinajstić information content (AvgIpc) is 3.56. The van der Waals surface area contributed by atoms with Crippen LogP contribution >= 0.6 is 0 Å². The standard InChI is InChI=1S/C21H21F4N7/c1-32(31-20-27-11-18(22)19(30-20)29-14-5-6-14)12-17-8-7-16(10-26-17)28-15-4-2-3-13(9-15)21(23,24)25/h2-4,7-11,14,28H,5-6,12H2,1H3,(H2,27,29,30,31). The Balaban J connectivity index is 1.34. The average molecular weight is 447 g/mol. The number of alkyl halides is 3. The number of hydrogen-bond acceptors (Lipinski definition) is 7. The number of rotatable bonds is 8. The Morgan fingerprint density at radius 2 is 1.88 bits per heavy atom. The predicted molar refractivity (Wildman–Crippen MR) is 113 cm³/mol. The van der Waals surface area contributed by atoms with Gasteiger partial charge in [-0.1, -0.05) is 6.07 Å². The molecule has 1 aliphatic carbocycles. The zero-order valence-corrected chi connectivity index (χ0v) is 17.1. The Morgan fingerprint density at radius 1 is 1.06 bits per heavy atom. The fourth-order valence-electron chi connectivity index (χ4n) is 2.93. The number of hydrogen-bond donors (Lipinski definition) is 3. The number of anilines is 4. The zero-order valence-electron chi connectivity index (χ0n) is 17.1. The Kier molecular flexibility index (Phi) is 6.08. The van der Waals surface area contributed by atoms with Crippen molar-refractivity contribution in [2.75, 3.05) is 23.1 Å². The van der Waals surface area contributed by atoms with E-state index >= 15 is 0 Å². The lowest BCUT2D eigenvalue weighted by molar-refractivity contribution is -0.137. The number of nitrogens with zero attached hydrogens (tertiary/aromatic N) is 4. The van der Waals surface area contributed by atoms with Gasteiger partial charge < -0.3 is 10.6 Å². The highest BCUT2D eigenvalue weighted by molar-refractivity contribution is 5.59. The highest BCUT2D eigenvalue weighted by atomic mass is 19.4. The van der Waals surface area contributed by atoms with Gasteiger partial charge in [-0.3, -0.25) is 10.4 Å². The molecule has 1 saturated carbocycles. The normalized spacial score (nSPS) is 13.8. The SMILES string of the molecule is CN(Cc1ccc(Nc2cccc(C(F)(F)F)c2)cn1)Nc1ncc(F)c(NC2CC2)n1. The Labute approximate surface area is 181 Å². The fourth-order valence-corrected chi connectivity index (χ4v) is 2.93. The summed E-state index contributed by atoms with van der Waals surface area (Å²) >= 11 is 0. The van der Waals surface area contributed by atoms with Crippen LogP contribution in [0.4, 0.5) is 40.7 Å². The molecule has 11 heteroatoms. The molecule has 0 spiro atoms. The minimum absolute atomic E-state index is 0.168. The molecule has 1 fully saturated rings. The highest BCUT2D eigenvalue weighted by Crippen LogP contribution is 2.31. The van der Waals surface area contributed by atoms with E-state index in [0.29, 0.717) is 23.6 Å². The van der Waals surface area contributed by atoms with E-state index in [2.05, 4.69) is 31.0 Å². The van der Waals surface area contributed by atoms with Gasteiger partial charge in [-0.05, 0) is 43.2 Å². The maximum atomic E-state index is 13.8. The van der Waals surface area contributed by atoms with E-state index < -0.39 is 17.6 Å². The molecule has 4 rings (SSSR count). The first-order valence-electron chi connectivity index (χ1n) is 9.92. The first-order valence-corrected chi connectivity index (χ1v) is 9.92. The van der Waals surface area contributed by atoms with E-state index in [9.17, 15) is 17.6 Å². The molecule has 1 aromatic carbocycles. The van der Waals surface area contributed by atoms with Crippen LogP contribution in [0.25, 0.3) is 0 Å².